The minimum atomic E-state index is -0.272. The Labute approximate surface area is 143 Å². The summed E-state index contributed by atoms with van der Waals surface area (Å²) in [5, 5.41) is 9.46. The maximum atomic E-state index is 13.4. The van der Waals surface area contributed by atoms with E-state index >= 15 is 0 Å². The summed E-state index contributed by atoms with van der Waals surface area (Å²) in [6.45, 7) is 0.487. The number of nitrogens with zero attached hydrogens (tertiary/aromatic N) is 4. The molecule has 4 rings (SSSR count). The molecule has 25 heavy (non-hydrogen) atoms. The monoisotopic (exact) mass is 331 g/mol. The van der Waals surface area contributed by atoms with Crippen LogP contribution in [0, 0.1) is 17.1 Å². The zero-order valence-corrected chi connectivity index (χ0v) is 13.3. The number of halogens is 1. The Kier molecular flexibility index (Phi) is 3.55. The number of aryl methyl sites for hydroxylation is 2. The number of hydrogen-bond acceptors (Lipinski definition) is 4. The van der Waals surface area contributed by atoms with Gasteiger partial charge in [0.2, 0.25) is 0 Å². The van der Waals surface area contributed by atoms with Gasteiger partial charge < -0.3 is 10.3 Å². The predicted molar refractivity (Wildman–Crippen MR) is 94.3 cm³/mol. The second-order valence-corrected chi connectivity index (χ2v) is 5.79. The van der Waals surface area contributed by atoms with Gasteiger partial charge in [-0.15, -0.1) is 0 Å². The fourth-order valence-corrected chi connectivity index (χ4v) is 2.99. The fraction of sp³-hybridized carbons (Fsp3) is 0.105. The van der Waals surface area contributed by atoms with E-state index in [2.05, 4.69) is 16.0 Å². The van der Waals surface area contributed by atoms with Gasteiger partial charge in [-0.3, -0.25) is 0 Å². The van der Waals surface area contributed by atoms with Gasteiger partial charge in [-0.1, -0.05) is 24.3 Å². The van der Waals surface area contributed by atoms with Crippen LogP contribution in [0.1, 0.15) is 11.1 Å². The molecular formula is C19H14FN5. The predicted octanol–water partition coefficient (Wildman–Crippen LogP) is 3.42. The number of nitrogens with two attached hydrogens (primary N) is 1. The van der Waals surface area contributed by atoms with Crippen molar-refractivity contribution in [3.63, 3.8) is 0 Å². The van der Waals surface area contributed by atoms with Crippen molar-refractivity contribution >= 4 is 28.0 Å². The van der Waals surface area contributed by atoms with Crippen molar-refractivity contribution in [2.45, 2.75) is 13.0 Å². The van der Waals surface area contributed by atoms with Crippen molar-refractivity contribution < 1.29 is 4.39 Å². The molecule has 0 bridgehead atoms. The van der Waals surface area contributed by atoms with Gasteiger partial charge in [0.05, 0.1) is 11.0 Å². The van der Waals surface area contributed by atoms with E-state index in [4.69, 9.17) is 5.73 Å². The molecule has 0 aliphatic carbocycles. The van der Waals surface area contributed by atoms with E-state index in [1.165, 1.54) is 12.1 Å². The van der Waals surface area contributed by atoms with Crippen molar-refractivity contribution in [1.82, 2.24) is 14.5 Å². The highest BCUT2D eigenvalue weighted by atomic mass is 19.1. The zero-order chi connectivity index (χ0) is 17.4. The van der Waals surface area contributed by atoms with Gasteiger partial charge in [0.15, 0.2) is 5.65 Å². The van der Waals surface area contributed by atoms with E-state index in [0.29, 0.717) is 41.0 Å². The highest BCUT2D eigenvalue weighted by Crippen LogP contribution is 2.27. The normalized spacial score (nSPS) is 11.0. The first-order chi connectivity index (χ1) is 12.2. The molecule has 0 radical (unpaired) electrons. The third kappa shape index (κ3) is 2.56. The number of rotatable bonds is 3. The molecule has 0 spiro atoms. The number of para-hydroxylation sites is 2. The summed E-state index contributed by atoms with van der Waals surface area (Å²) >= 11 is 0. The third-order valence-electron chi connectivity index (χ3n) is 4.22. The topological polar surface area (TPSA) is 80.5 Å². The molecule has 4 aromatic rings. The van der Waals surface area contributed by atoms with E-state index < -0.39 is 0 Å². The van der Waals surface area contributed by atoms with Crippen LogP contribution in [0.5, 0.6) is 0 Å². The number of aromatic nitrogens is 3. The SMILES string of the molecule is N#Cc1c(N)n(CCc2cccc(F)c2)c2nc3ccccc3nc12. The van der Waals surface area contributed by atoms with Crippen molar-refractivity contribution in [2.24, 2.45) is 0 Å². The lowest BCUT2D eigenvalue weighted by Gasteiger charge is -2.08. The van der Waals surface area contributed by atoms with Gasteiger partial charge in [-0.05, 0) is 36.2 Å². The molecule has 0 saturated heterocycles. The largest absolute Gasteiger partial charge is 0.384 e. The molecule has 2 heterocycles. The first-order valence-corrected chi connectivity index (χ1v) is 7.86. The van der Waals surface area contributed by atoms with Crippen LogP contribution < -0.4 is 5.73 Å². The van der Waals surface area contributed by atoms with Crippen LogP contribution in [0.4, 0.5) is 10.2 Å². The molecular weight excluding hydrogens is 317 g/mol. The average molecular weight is 331 g/mol. The van der Waals surface area contributed by atoms with Crippen molar-refractivity contribution in [2.75, 3.05) is 5.73 Å². The Morgan fingerprint density at radius 2 is 1.84 bits per heavy atom. The lowest BCUT2D eigenvalue weighted by atomic mass is 10.1. The number of nitrogen functional groups attached to an aromatic ring is 1. The molecule has 0 aliphatic rings. The molecule has 0 unspecified atom stereocenters. The lowest BCUT2D eigenvalue weighted by Crippen LogP contribution is -2.06. The summed E-state index contributed by atoms with van der Waals surface area (Å²) in [6.07, 6.45) is 0.575. The van der Waals surface area contributed by atoms with Gasteiger partial charge >= 0.3 is 0 Å². The Balaban J connectivity index is 1.83. The number of benzene rings is 2. The van der Waals surface area contributed by atoms with Gasteiger partial charge in [0, 0.05) is 6.54 Å². The number of fused-ring (bicyclic) bond motifs is 2. The summed E-state index contributed by atoms with van der Waals surface area (Å²) < 4.78 is 15.1. The number of nitriles is 1. The Morgan fingerprint density at radius 3 is 2.56 bits per heavy atom. The summed E-state index contributed by atoms with van der Waals surface area (Å²) in [6, 6.07) is 16.0. The second-order valence-electron chi connectivity index (χ2n) is 5.79. The molecule has 0 amide bonds. The number of hydrogen-bond donors (Lipinski definition) is 1. The molecule has 6 heteroatoms. The molecule has 2 N–H and O–H groups in total. The van der Waals surface area contributed by atoms with E-state index in [0.717, 1.165) is 11.1 Å². The van der Waals surface area contributed by atoms with Gasteiger partial charge in [0.25, 0.3) is 0 Å². The lowest BCUT2D eigenvalue weighted by molar-refractivity contribution is 0.623. The van der Waals surface area contributed by atoms with Crippen LogP contribution in [0.15, 0.2) is 48.5 Å². The second kappa shape index (κ2) is 5.87. The highest BCUT2D eigenvalue weighted by molar-refractivity contribution is 5.92. The molecule has 0 saturated carbocycles. The molecule has 0 atom stereocenters. The summed E-state index contributed by atoms with van der Waals surface area (Å²) in [7, 11) is 0. The highest BCUT2D eigenvalue weighted by Gasteiger charge is 2.18. The van der Waals surface area contributed by atoms with Crippen LogP contribution in [-0.2, 0) is 13.0 Å². The van der Waals surface area contributed by atoms with E-state index in [1.807, 2.05) is 30.3 Å². The van der Waals surface area contributed by atoms with Crippen molar-refractivity contribution in [3.8, 4) is 6.07 Å². The first-order valence-electron chi connectivity index (χ1n) is 7.86. The first kappa shape index (κ1) is 15.1. The van der Waals surface area contributed by atoms with Gasteiger partial charge in [0.1, 0.15) is 28.8 Å². The summed E-state index contributed by atoms with van der Waals surface area (Å²) in [4.78, 5) is 9.19. The molecule has 0 fully saturated rings. The minimum absolute atomic E-state index is 0.272. The van der Waals surface area contributed by atoms with Crippen LogP contribution in [0.3, 0.4) is 0 Å². The third-order valence-corrected chi connectivity index (χ3v) is 4.22. The summed E-state index contributed by atoms with van der Waals surface area (Å²) in [5.74, 6) is 0.0653. The van der Waals surface area contributed by atoms with Gasteiger partial charge in [-0.25, -0.2) is 14.4 Å². The Bertz CT molecular complexity index is 1140. The molecule has 5 nitrogen and oxygen atoms in total. The van der Waals surface area contributed by atoms with E-state index in [-0.39, 0.29) is 5.82 Å². The Morgan fingerprint density at radius 1 is 1.08 bits per heavy atom. The average Bonchev–Trinajstić information content (AvgIpc) is 2.88. The fourth-order valence-electron chi connectivity index (χ4n) is 2.99. The van der Waals surface area contributed by atoms with Crippen molar-refractivity contribution in [1.29, 1.82) is 5.26 Å². The molecule has 2 aromatic heterocycles. The molecule has 2 aromatic carbocycles. The quantitative estimate of drug-likeness (QED) is 0.624. The van der Waals surface area contributed by atoms with Crippen molar-refractivity contribution in [3.05, 3.63) is 65.5 Å². The van der Waals surface area contributed by atoms with Gasteiger partial charge in [-0.2, -0.15) is 5.26 Å². The van der Waals surface area contributed by atoms with Crippen LogP contribution in [0.25, 0.3) is 22.2 Å². The standard InChI is InChI=1S/C19H14FN5/c20-13-5-3-4-12(10-13)8-9-25-18(22)14(11-21)17-19(25)24-16-7-2-1-6-15(16)23-17/h1-7,10H,8-9,22H2. The molecule has 122 valence electrons. The van der Waals surface area contributed by atoms with Crippen LogP contribution >= 0.6 is 0 Å². The summed E-state index contributed by atoms with van der Waals surface area (Å²) in [5.41, 5.74) is 9.88. The minimum Gasteiger partial charge on any atom is -0.384 e. The van der Waals surface area contributed by atoms with Crippen LogP contribution in [-0.4, -0.2) is 14.5 Å². The maximum absolute atomic E-state index is 13.4. The smallest absolute Gasteiger partial charge is 0.162 e. The molecule has 0 aliphatic heterocycles. The number of anilines is 1. The van der Waals surface area contributed by atoms with Crippen LogP contribution in [0.2, 0.25) is 0 Å². The van der Waals surface area contributed by atoms with E-state index in [1.54, 1.807) is 10.6 Å². The maximum Gasteiger partial charge on any atom is 0.162 e. The Hall–Kier alpha value is -3.46. The zero-order valence-electron chi connectivity index (χ0n) is 13.3. The van der Waals surface area contributed by atoms with E-state index in [9.17, 15) is 9.65 Å².